The van der Waals surface area contributed by atoms with Gasteiger partial charge in [-0.3, -0.25) is 4.98 Å². The standard InChI is InChI=1S/C16H19ClN2S/c1-16(2)11-19(7-8-20-16)15-9-12(10-17)18-14-6-4-3-5-13(14)15/h3-6,9H,7-8,10-11H2,1-2H3. The zero-order chi connectivity index (χ0) is 14.2. The number of fused-ring (bicyclic) bond motifs is 1. The van der Waals surface area contributed by atoms with Crippen molar-refractivity contribution in [1.82, 2.24) is 4.98 Å². The maximum atomic E-state index is 6.01. The summed E-state index contributed by atoms with van der Waals surface area (Å²) >= 11 is 8.06. The molecule has 0 bridgehead atoms. The average molecular weight is 307 g/mol. The van der Waals surface area contributed by atoms with Crippen LogP contribution in [0.1, 0.15) is 19.5 Å². The van der Waals surface area contributed by atoms with Crippen molar-refractivity contribution in [2.45, 2.75) is 24.5 Å². The number of halogens is 1. The molecule has 0 radical (unpaired) electrons. The normalized spacial score (nSPS) is 18.4. The van der Waals surface area contributed by atoms with Gasteiger partial charge in [-0.05, 0) is 26.0 Å². The van der Waals surface area contributed by atoms with E-state index in [2.05, 4.69) is 59.8 Å². The number of hydrogen-bond acceptors (Lipinski definition) is 3. The number of hydrogen-bond donors (Lipinski definition) is 0. The Bertz CT molecular complexity index is 627. The number of alkyl halides is 1. The van der Waals surface area contributed by atoms with Crippen LogP contribution in [0, 0.1) is 0 Å². The molecule has 1 aliphatic heterocycles. The van der Waals surface area contributed by atoms with E-state index >= 15 is 0 Å². The summed E-state index contributed by atoms with van der Waals surface area (Å²) in [4.78, 5) is 7.10. The first-order valence-corrected chi connectivity index (χ1v) is 8.45. The van der Waals surface area contributed by atoms with Crippen molar-refractivity contribution in [1.29, 1.82) is 0 Å². The monoisotopic (exact) mass is 306 g/mol. The van der Waals surface area contributed by atoms with Gasteiger partial charge in [-0.2, -0.15) is 11.8 Å². The van der Waals surface area contributed by atoms with Gasteiger partial charge in [0.25, 0.3) is 0 Å². The molecule has 4 heteroatoms. The van der Waals surface area contributed by atoms with E-state index in [4.69, 9.17) is 11.6 Å². The summed E-state index contributed by atoms with van der Waals surface area (Å²) in [6.07, 6.45) is 0. The highest BCUT2D eigenvalue weighted by atomic mass is 35.5. The second-order valence-corrected chi connectivity index (χ2v) is 7.88. The molecule has 0 unspecified atom stereocenters. The molecule has 2 nitrogen and oxygen atoms in total. The van der Waals surface area contributed by atoms with Crippen molar-refractivity contribution in [2.75, 3.05) is 23.7 Å². The molecule has 0 aliphatic carbocycles. The van der Waals surface area contributed by atoms with Gasteiger partial charge in [-0.15, -0.1) is 11.6 Å². The number of thioether (sulfide) groups is 1. The Balaban J connectivity index is 2.09. The highest BCUT2D eigenvalue weighted by Gasteiger charge is 2.28. The van der Waals surface area contributed by atoms with Crippen LogP contribution in [0.2, 0.25) is 0 Å². The van der Waals surface area contributed by atoms with Crippen molar-refractivity contribution in [3.05, 3.63) is 36.0 Å². The largest absolute Gasteiger partial charge is 0.369 e. The molecule has 106 valence electrons. The third-order valence-electron chi connectivity index (χ3n) is 3.65. The molecule has 0 amide bonds. The quantitative estimate of drug-likeness (QED) is 0.769. The van der Waals surface area contributed by atoms with Gasteiger partial charge < -0.3 is 4.90 Å². The van der Waals surface area contributed by atoms with Crippen LogP contribution in [0.4, 0.5) is 5.69 Å². The molecule has 3 rings (SSSR count). The molecule has 0 N–H and O–H groups in total. The lowest BCUT2D eigenvalue weighted by Crippen LogP contribution is -2.43. The number of pyridine rings is 1. The highest BCUT2D eigenvalue weighted by molar-refractivity contribution is 8.00. The van der Waals surface area contributed by atoms with Crippen LogP contribution in [-0.2, 0) is 5.88 Å². The van der Waals surface area contributed by atoms with E-state index in [1.165, 1.54) is 16.8 Å². The fraction of sp³-hybridized carbons (Fsp3) is 0.438. The van der Waals surface area contributed by atoms with Gasteiger partial charge in [0.05, 0.1) is 17.1 Å². The van der Waals surface area contributed by atoms with Crippen LogP contribution in [-0.4, -0.2) is 28.6 Å². The lowest BCUT2D eigenvalue weighted by Gasteiger charge is -2.39. The Hall–Kier alpha value is -0.930. The van der Waals surface area contributed by atoms with E-state index in [1.54, 1.807) is 0 Å². The third-order valence-corrected chi connectivity index (χ3v) is 5.22. The summed E-state index contributed by atoms with van der Waals surface area (Å²) in [6.45, 7) is 6.78. The molecule has 1 fully saturated rings. The van der Waals surface area contributed by atoms with E-state index < -0.39 is 0 Å². The van der Waals surface area contributed by atoms with Crippen LogP contribution in [0.15, 0.2) is 30.3 Å². The number of benzene rings is 1. The fourth-order valence-corrected chi connectivity index (χ4v) is 4.01. The van der Waals surface area contributed by atoms with Crippen LogP contribution in [0.3, 0.4) is 0 Å². The van der Waals surface area contributed by atoms with Gasteiger partial charge in [0.2, 0.25) is 0 Å². The molecule has 1 saturated heterocycles. The smallest absolute Gasteiger partial charge is 0.0726 e. The van der Waals surface area contributed by atoms with Crippen molar-refractivity contribution in [3.8, 4) is 0 Å². The van der Waals surface area contributed by atoms with Crippen LogP contribution in [0.25, 0.3) is 10.9 Å². The summed E-state index contributed by atoms with van der Waals surface area (Å²) in [5, 5.41) is 1.23. The summed E-state index contributed by atoms with van der Waals surface area (Å²) in [6, 6.07) is 10.5. The van der Waals surface area contributed by atoms with E-state index in [1.807, 2.05) is 6.07 Å². The minimum absolute atomic E-state index is 0.295. The second kappa shape index (κ2) is 5.45. The number of rotatable bonds is 2. The van der Waals surface area contributed by atoms with Gasteiger partial charge in [0.1, 0.15) is 0 Å². The number of nitrogens with zero attached hydrogens (tertiary/aromatic N) is 2. The number of anilines is 1. The van der Waals surface area contributed by atoms with Crippen LogP contribution in [0.5, 0.6) is 0 Å². The molecule has 0 atom stereocenters. The molecular formula is C16H19ClN2S. The molecule has 0 spiro atoms. The first kappa shape index (κ1) is 14.0. The summed E-state index contributed by atoms with van der Waals surface area (Å²) in [5.41, 5.74) is 3.27. The van der Waals surface area contributed by atoms with Crippen molar-refractivity contribution in [2.24, 2.45) is 0 Å². The predicted octanol–water partition coefficient (Wildman–Crippen LogP) is 4.31. The van der Waals surface area contributed by atoms with Gasteiger partial charge in [0.15, 0.2) is 0 Å². The fourth-order valence-electron chi connectivity index (χ4n) is 2.76. The Labute approximate surface area is 129 Å². The lowest BCUT2D eigenvalue weighted by molar-refractivity contribution is 0.649. The Morgan fingerprint density at radius 3 is 2.90 bits per heavy atom. The van der Waals surface area contributed by atoms with Crippen molar-refractivity contribution in [3.63, 3.8) is 0 Å². The van der Waals surface area contributed by atoms with E-state index in [-0.39, 0.29) is 0 Å². The number of para-hydroxylation sites is 1. The van der Waals surface area contributed by atoms with Gasteiger partial charge >= 0.3 is 0 Å². The summed E-state index contributed by atoms with van der Waals surface area (Å²) < 4.78 is 0.295. The summed E-state index contributed by atoms with van der Waals surface area (Å²) in [7, 11) is 0. The molecule has 1 aromatic carbocycles. The molecule has 20 heavy (non-hydrogen) atoms. The van der Waals surface area contributed by atoms with Gasteiger partial charge in [-0.1, -0.05) is 18.2 Å². The van der Waals surface area contributed by atoms with Crippen LogP contribution < -0.4 is 4.90 Å². The first-order chi connectivity index (χ1) is 9.59. The first-order valence-electron chi connectivity index (χ1n) is 6.93. The predicted molar refractivity (Wildman–Crippen MR) is 90.1 cm³/mol. The SMILES string of the molecule is CC1(C)CN(c2cc(CCl)nc3ccccc23)CCS1. The average Bonchev–Trinajstić information content (AvgIpc) is 2.45. The lowest BCUT2D eigenvalue weighted by atomic mass is 10.1. The minimum Gasteiger partial charge on any atom is -0.369 e. The topological polar surface area (TPSA) is 16.1 Å². The highest BCUT2D eigenvalue weighted by Crippen LogP contribution is 2.35. The van der Waals surface area contributed by atoms with Crippen molar-refractivity contribution < 1.29 is 0 Å². The molecule has 0 saturated carbocycles. The van der Waals surface area contributed by atoms with E-state index in [9.17, 15) is 0 Å². The number of aromatic nitrogens is 1. The molecule has 2 heterocycles. The van der Waals surface area contributed by atoms with Crippen LogP contribution >= 0.6 is 23.4 Å². The Morgan fingerprint density at radius 2 is 2.15 bits per heavy atom. The Morgan fingerprint density at radius 1 is 1.35 bits per heavy atom. The van der Waals surface area contributed by atoms with Gasteiger partial charge in [-0.25, -0.2) is 0 Å². The maximum absolute atomic E-state index is 6.01. The maximum Gasteiger partial charge on any atom is 0.0726 e. The Kier molecular flexibility index (Phi) is 3.83. The second-order valence-electron chi connectivity index (χ2n) is 5.81. The van der Waals surface area contributed by atoms with E-state index in [0.717, 1.165) is 24.3 Å². The molecule has 1 aliphatic rings. The zero-order valence-corrected chi connectivity index (χ0v) is 13.5. The molecular weight excluding hydrogens is 288 g/mol. The zero-order valence-electron chi connectivity index (χ0n) is 11.9. The molecule has 1 aromatic heterocycles. The third kappa shape index (κ3) is 2.75. The summed E-state index contributed by atoms with van der Waals surface area (Å²) in [5.74, 6) is 1.63. The molecule has 2 aromatic rings. The minimum atomic E-state index is 0.295. The van der Waals surface area contributed by atoms with Crippen molar-refractivity contribution >= 4 is 40.0 Å². The van der Waals surface area contributed by atoms with E-state index in [0.29, 0.717) is 10.6 Å². The van der Waals surface area contributed by atoms with Gasteiger partial charge in [0, 0.05) is 34.7 Å².